The second kappa shape index (κ2) is 8.41. The monoisotopic (exact) mass is 426 g/mol. The summed E-state index contributed by atoms with van der Waals surface area (Å²) in [6, 6.07) is 4.65. The molecular weight excluding hydrogens is 407 g/mol. The van der Waals surface area contributed by atoms with Crippen LogP contribution in [0.4, 0.5) is 0 Å². The van der Waals surface area contributed by atoms with Gasteiger partial charge in [0.2, 0.25) is 5.91 Å². The number of carboxylic acids is 1. The van der Waals surface area contributed by atoms with Gasteiger partial charge in [0.15, 0.2) is 6.10 Å². The summed E-state index contributed by atoms with van der Waals surface area (Å²) < 4.78 is 5.62. The summed E-state index contributed by atoms with van der Waals surface area (Å²) in [5.41, 5.74) is 4.67. The number of hydrogen-bond donors (Lipinski definition) is 3. The van der Waals surface area contributed by atoms with E-state index in [4.69, 9.17) is 27.9 Å². The number of aliphatic carboxylic acids is 1. The molecule has 2 amide bonds. The zero-order valence-corrected chi connectivity index (χ0v) is 16.5. The molecule has 9 heteroatoms. The fourth-order valence-corrected chi connectivity index (χ4v) is 4.17. The first-order valence-electron chi connectivity index (χ1n) is 8.94. The van der Waals surface area contributed by atoms with Crippen molar-refractivity contribution >= 4 is 41.0 Å². The lowest BCUT2D eigenvalue weighted by atomic mass is 9.82. The van der Waals surface area contributed by atoms with Crippen LogP contribution in [0.25, 0.3) is 0 Å². The number of carboxylic acid groups (broad SMARTS) is 1. The Balaban J connectivity index is 1.60. The van der Waals surface area contributed by atoms with Gasteiger partial charge in [-0.15, -0.1) is 0 Å². The number of rotatable bonds is 6. The molecule has 0 spiro atoms. The summed E-state index contributed by atoms with van der Waals surface area (Å²) in [6.45, 7) is 1.74. The Morgan fingerprint density at radius 2 is 1.86 bits per heavy atom. The highest BCUT2D eigenvalue weighted by atomic mass is 35.5. The Bertz CT molecular complexity index is 829. The van der Waals surface area contributed by atoms with E-state index in [1.807, 2.05) is 12.2 Å². The van der Waals surface area contributed by atoms with E-state index in [2.05, 4.69) is 10.9 Å². The number of carbonyl (C=O) groups excluding carboxylic acids is 2. The van der Waals surface area contributed by atoms with Crippen LogP contribution in [-0.2, 0) is 14.4 Å². The molecule has 1 fully saturated rings. The number of halogens is 2. The maximum Gasteiger partial charge on any atom is 0.307 e. The molecule has 0 aliphatic heterocycles. The Morgan fingerprint density at radius 1 is 1.18 bits per heavy atom. The van der Waals surface area contributed by atoms with Crippen LogP contribution in [0.5, 0.6) is 5.75 Å². The number of hydrogen-bond acceptors (Lipinski definition) is 4. The molecule has 2 aliphatic carbocycles. The highest BCUT2D eigenvalue weighted by molar-refractivity contribution is 6.34. The van der Waals surface area contributed by atoms with Crippen LogP contribution in [-0.4, -0.2) is 29.0 Å². The van der Waals surface area contributed by atoms with Gasteiger partial charge in [-0.2, -0.15) is 0 Å². The fourth-order valence-electron chi connectivity index (χ4n) is 3.85. The predicted molar refractivity (Wildman–Crippen MR) is 103 cm³/mol. The van der Waals surface area contributed by atoms with Crippen molar-refractivity contribution in [3.8, 4) is 5.75 Å². The molecular formula is C19H20Cl2N2O5. The molecule has 0 heterocycles. The second-order valence-corrected chi connectivity index (χ2v) is 7.75. The lowest BCUT2D eigenvalue weighted by Crippen LogP contribution is -2.51. The zero-order valence-electron chi connectivity index (χ0n) is 15.0. The third-order valence-corrected chi connectivity index (χ3v) is 5.73. The summed E-state index contributed by atoms with van der Waals surface area (Å²) in [7, 11) is 0. The molecule has 3 N–H and O–H groups in total. The molecule has 5 unspecified atom stereocenters. The fraction of sp³-hybridized carbons (Fsp3) is 0.421. The summed E-state index contributed by atoms with van der Waals surface area (Å²) in [4.78, 5) is 36.4. The largest absolute Gasteiger partial charge is 0.481 e. The molecule has 7 nitrogen and oxygen atoms in total. The van der Waals surface area contributed by atoms with Gasteiger partial charge in [0.25, 0.3) is 5.91 Å². The molecule has 1 saturated carbocycles. The zero-order chi connectivity index (χ0) is 20.4. The summed E-state index contributed by atoms with van der Waals surface area (Å²) in [5, 5.41) is 10.1. The maximum absolute atomic E-state index is 12.5. The summed E-state index contributed by atoms with van der Waals surface area (Å²) in [6.07, 6.45) is 3.76. The van der Waals surface area contributed by atoms with Crippen LogP contribution >= 0.6 is 23.2 Å². The van der Waals surface area contributed by atoms with Gasteiger partial charge in [-0.05, 0) is 36.8 Å². The number of benzene rings is 1. The molecule has 0 aromatic heterocycles. The average Bonchev–Trinajstić information content (AvgIpc) is 3.27. The minimum absolute atomic E-state index is 0.133. The van der Waals surface area contributed by atoms with Crippen molar-refractivity contribution in [2.24, 2.45) is 23.7 Å². The van der Waals surface area contributed by atoms with E-state index in [-0.39, 0.29) is 17.6 Å². The van der Waals surface area contributed by atoms with Crippen LogP contribution in [0.3, 0.4) is 0 Å². The van der Waals surface area contributed by atoms with Gasteiger partial charge in [0, 0.05) is 11.1 Å². The smallest absolute Gasteiger partial charge is 0.307 e. The predicted octanol–water partition coefficient (Wildman–Crippen LogP) is 2.82. The van der Waals surface area contributed by atoms with Crippen LogP contribution in [0.2, 0.25) is 10.0 Å². The average molecular weight is 427 g/mol. The Hall–Kier alpha value is -2.25. The molecule has 2 aliphatic rings. The summed E-state index contributed by atoms with van der Waals surface area (Å²) >= 11 is 12.0. The molecule has 0 radical (unpaired) electrons. The molecule has 28 heavy (non-hydrogen) atoms. The SMILES string of the molecule is CCC(Oc1cc(Cl)ccc1Cl)C(=O)NNC(=O)C1C2C=CC(C2)C1C(=O)O. The number of fused-ring (bicyclic) bond motifs is 2. The van der Waals surface area contributed by atoms with E-state index < -0.39 is 35.7 Å². The first-order chi connectivity index (χ1) is 13.3. The van der Waals surface area contributed by atoms with Gasteiger partial charge in [0.1, 0.15) is 5.75 Å². The highest BCUT2D eigenvalue weighted by Gasteiger charge is 2.51. The first kappa shape index (κ1) is 20.5. The Morgan fingerprint density at radius 3 is 2.50 bits per heavy atom. The molecule has 1 aromatic rings. The molecule has 2 bridgehead atoms. The van der Waals surface area contributed by atoms with Gasteiger partial charge in [-0.25, -0.2) is 0 Å². The van der Waals surface area contributed by atoms with Crippen LogP contribution in [0.1, 0.15) is 19.8 Å². The lowest BCUT2D eigenvalue weighted by molar-refractivity contribution is -0.148. The third kappa shape index (κ3) is 4.10. The second-order valence-electron chi connectivity index (χ2n) is 6.91. The van der Waals surface area contributed by atoms with Gasteiger partial charge in [-0.3, -0.25) is 25.2 Å². The van der Waals surface area contributed by atoms with Crippen molar-refractivity contribution in [3.05, 3.63) is 40.4 Å². The number of amides is 2. The van der Waals surface area contributed by atoms with E-state index >= 15 is 0 Å². The highest BCUT2D eigenvalue weighted by Crippen LogP contribution is 2.48. The molecule has 3 rings (SSSR count). The first-order valence-corrected chi connectivity index (χ1v) is 9.70. The molecule has 5 atom stereocenters. The molecule has 150 valence electrons. The normalized spacial score (nSPS) is 26.0. The van der Waals surface area contributed by atoms with Crippen LogP contribution < -0.4 is 15.6 Å². The number of carbonyl (C=O) groups is 3. The number of hydrazine groups is 1. The molecule has 1 aromatic carbocycles. The van der Waals surface area contributed by atoms with Crippen molar-refractivity contribution in [1.82, 2.24) is 10.9 Å². The van der Waals surface area contributed by atoms with E-state index in [0.717, 1.165) is 0 Å². The number of ether oxygens (including phenoxy) is 1. The standard InChI is InChI=1S/C19H20Cl2N2O5/c1-2-13(28-14-8-11(20)5-6-12(14)21)17(24)22-23-18(25)15-9-3-4-10(7-9)16(15)19(26)27/h3-6,8-10,13,15-16H,2,7H2,1H3,(H,22,24)(H,23,25)(H,26,27). The van der Waals surface area contributed by atoms with Crippen LogP contribution in [0.15, 0.2) is 30.4 Å². The number of allylic oxidation sites excluding steroid dienone is 2. The minimum Gasteiger partial charge on any atom is -0.481 e. The topological polar surface area (TPSA) is 105 Å². The van der Waals surface area contributed by atoms with E-state index in [1.165, 1.54) is 6.07 Å². The van der Waals surface area contributed by atoms with Crippen molar-refractivity contribution in [3.63, 3.8) is 0 Å². The van der Waals surface area contributed by atoms with E-state index in [9.17, 15) is 19.5 Å². The van der Waals surface area contributed by atoms with Crippen molar-refractivity contribution in [2.45, 2.75) is 25.9 Å². The van der Waals surface area contributed by atoms with Crippen LogP contribution in [0, 0.1) is 23.7 Å². The van der Waals surface area contributed by atoms with Gasteiger partial charge in [-0.1, -0.05) is 42.3 Å². The van der Waals surface area contributed by atoms with Gasteiger partial charge >= 0.3 is 5.97 Å². The van der Waals surface area contributed by atoms with Gasteiger partial charge < -0.3 is 9.84 Å². The van der Waals surface area contributed by atoms with E-state index in [0.29, 0.717) is 22.9 Å². The van der Waals surface area contributed by atoms with Crippen molar-refractivity contribution in [1.29, 1.82) is 0 Å². The maximum atomic E-state index is 12.5. The van der Waals surface area contributed by atoms with Crippen molar-refractivity contribution in [2.75, 3.05) is 0 Å². The molecule has 0 saturated heterocycles. The minimum atomic E-state index is -1.01. The summed E-state index contributed by atoms with van der Waals surface area (Å²) in [5.74, 6) is -3.62. The lowest BCUT2D eigenvalue weighted by Gasteiger charge is -2.24. The third-order valence-electron chi connectivity index (χ3n) is 5.18. The Labute approximate surface area is 172 Å². The number of nitrogens with one attached hydrogen (secondary N) is 2. The van der Waals surface area contributed by atoms with E-state index in [1.54, 1.807) is 19.1 Å². The quantitative estimate of drug-likeness (QED) is 0.479. The Kier molecular flexibility index (Phi) is 6.15. The van der Waals surface area contributed by atoms with Crippen molar-refractivity contribution < 1.29 is 24.2 Å². The van der Waals surface area contributed by atoms with Gasteiger partial charge in [0.05, 0.1) is 16.9 Å².